The van der Waals surface area contributed by atoms with Crippen molar-refractivity contribution in [3.63, 3.8) is 0 Å². The average Bonchev–Trinajstić information content (AvgIpc) is 3.26. The number of furan rings is 1. The van der Waals surface area contributed by atoms with E-state index in [1.54, 1.807) is 30.3 Å². The molecule has 10 heteroatoms. The standard InChI is InChI=1S/C19H23N3O6S/c23-18(20-10-9-15-6-4-12-27-15)19(24)21-14-17-22(11-5-13-28-17)29(25,26)16-7-2-1-3-8-16/h1-4,6-8,12,17H,5,9-11,13-14H2,(H,20,23)(H,21,24)/t17-/m1/s1. The Balaban J connectivity index is 1.53. The molecule has 2 amide bonds. The molecule has 1 fully saturated rings. The van der Waals surface area contributed by atoms with Gasteiger partial charge in [0.2, 0.25) is 10.0 Å². The van der Waals surface area contributed by atoms with Gasteiger partial charge in [0.15, 0.2) is 0 Å². The van der Waals surface area contributed by atoms with Crippen LogP contribution in [0, 0.1) is 0 Å². The highest BCUT2D eigenvalue weighted by atomic mass is 32.2. The summed E-state index contributed by atoms with van der Waals surface area (Å²) in [7, 11) is -3.77. The summed E-state index contributed by atoms with van der Waals surface area (Å²) in [6, 6.07) is 11.5. The lowest BCUT2D eigenvalue weighted by Crippen LogP contribution is -2.53. The van der Waals surface area contributed by atoms with Crippen molar-refractivity contribution in [1.29, 1.82) is 0 Å². The Morgan fingerprint density at radius 1 is 1.07 bits per heavy atom. The van der Waals surface area contributed by atoms with Crippen molar-refractivity contribution in [3.05, 3.63) is 54.5 Å². The molecule has 0 spiro atoms. The highest BCUT2D eigenvalue weighted by Crippen LogP contribution is 2.21. The zero-order chi connectivity index (χ0) is 20.7. The number of carbonyl (C=O) groups is 2. The number of nitrogens with one attached hydrogen (secondary N) is 2. The molecule has 2 N–H and O–H groups in total. The van der Waals surface area contributed by atoms with E-state index in [0.29, 0.717) is 25.2 Å². The minimum Gasteiger partial charge on any atom is -0.469 e. The fraction of sp³-hybridized carbons (Fsp3) is 0.368. The monoisotopic (exact) mass is 421 g/mol. The molecule has 1 saturated heterocycles. The smallest absolute Gasteiger partial charge is 0.309 e. The molecule has 0 unspecified atom stereocenters. The maximum Gasteiger partial charge on any atom is 0.309 e. The molecule has 1 aromatic heterocycles. The average molecular weight is 421 g/mol. The van der Waals surface area contributed by atoms with Gasteiger partial charge in [0, 0.05) is 19.5 Å². The van der Waals surface area contributed by atoms with Crippen molar-refractivity contribution < 1.29 is 27.2 Å². The van der Waals surface area contributed by atoms with Gasteiger partial charge in [-0.15, -0.1) is 0 Å². The number of nitrogens with zero attached hydrogens (tertiary/aromatic N) is 1. The molecular formula is C19H23N3O6S. The van der Waals surface area contributed by atoms with Crippen molar-refractivity contribution in [2.24, 2.45) is 0 Å². The maximum atomic E-state index is 12.9. The van der Waals surface area contributed by atoms with Gasteiger partial charge >= 0.3 is 11.8 Å². The molecule has 29 heavy (non-hydrogen) atoms. The minimum absolute atomic E-state index is 0.128. The number of benzene rings is 1. The molecular weight excluding hydrogens is 398 g/mol. The molecule has 2 aromatic rings. The normalized spacial score (nSPS) is 17.6. The van der Waals surface area contributed by atoms with Gasteiger partial charge in [-0.05, 0) is 30.7 Å². The van der Waals surface area contributed by atoms with Gasteiger partial charge in [0.1, 0.15) is 12.0 Å². The van der Waals surface area contributed by atoms with Crippen LogP contribution in [0.3, 0.4) is 0 Å². The second-order valence-electron chi connectivity index (χ2n) is 6.40. The van der Waals surface area contributed by atoms with E-state index in [-0.39, 0.29) is 24.5 Å². The number of carbonyl (C=O) groups excluding carboxylic acids is 2. The molecule has 1 aliphatic heterocycles. The molecule has 156 valence electrons. The number of rotatable bonds is 7. The first kappa shape index (κ1) is 21.0. The molecule has 1 aliphatic rings. The van der Waals surface area contributed by atoms with E-state index >= 15 is 0 Å². The zero-order valence-electron chi connectivity index (χ0n) is 15.7. The van der Waals surface area contributed by atoms with Gasteiger partial charge in [0.25, 0.3) is 0 Å². The van der Waals surface area contributed by atoms with Gasteiger partial charge in [-0.2, -0.15) is 4.31 Å². The van der Waals surface area contributed by atoms with E-state index in [9.17, 15) is 18.0 Å². The summed E-state index contributed by atoms with van der Waals surface area (Å²) in [5.74, 6) is -0.955. The fourth-order valence-electron chi connectivity index (χ4n) is 2.93. The highest BCUT2D eigenvalue weighted by molar-refractivity contribution is 7.89. The first-order chi connectivity index (χ1) is 14.0. The number of ether oxygens (including phenoxy) is 1. The summed E-state index contributed by atoms with van der Waals surface area (Å²) in [4.78, 5) is 24.1. The summed E-state index contributed by atoms with van der Waals surface area (Å²) in [6.45, 7) is 0.758. The molecule has 9 nitrogen and oxygen atoms in total. The van der Waals surface area contributed by atoms with Crippen LogP contribution in [0.4, 0.5) is 0 Å². The maximum absolute atomic E-state index is 12.9. The Morgan fingerprint density at radius 3 is 2.55 bits per heavy atom. The number of sulfonamides is 1. The Morgan fingerprint density at radius 2 is 1.83 bits per heavy atom. The van der Waals surface area contributed by atoms with Crippen LogP contribution in [-0.4, -0.2) is 57.0 Å². The van der Waals surface area contributed by atoms with Gasteiger partial charge in [-0.3, -0.25) is 9.59 Å². The molecule has 3 rings (SSSR count). The Bertz CT molecular complexity index is 915. The third kappa shape index (κ3) is 5.43. The van der Waals surface area contributed by atoms with E-state index < -0.39 is 28.1 Å². The summed E-state index contributed by atoms with van der Waals surface area (Å²) in [6.07, 6.45) is 1.65. The Labute approximate surface area is 169 Å². The largest absolute Gasteiger partial charge is 0.469 e. The van der Waals surface area contributed by atoms with E-state index in [0.717, 1.165) is 0 Å². The van der Waals surface area contributed by atoms with Gasteiger partial charge < -0.3 is 19.8 Å². The first-order valence-corrected chi connectivity index (χ1v) is 10.7. The third-order valence-electron chi connectivity index (χ3n) is 4.38. The topological polar surface area (TPSA) is 118 Å². The second kappa shape index (κ2) is 9.68. The van der Waals surface area contributed by atoms with Crippen molar-refractivity contribution in [2.75, 3.05) is 26.2 Å². The predicted octanol–water partition coefficient (Wildman–Crippen LogP) is 0.492. The number of hydrogen-bond donors (Lipinski definition) is 2. The molecule has 1 atom stereocenters. The van der Waals surface area contributed by atoms with Crippen molar-refractivity contribution in [2.45, 2.75) is 24.0 Å². The van der Waals surface area contributed by atoms with Crippen molar-refractivity contribution >= 4 is 21.8 Å². The fourth-order valence-corrected chi connectivity index (χ4v) is 4.51. The minimum atomic E-state index is -3.77. The molecule has 0 bridgehead atoms. The van der Waals surface area contributed by atoms with E-state index in [1.165, 1.54) is 22.7 Å². The third-order valence-corrected chi connectivity index (χ3v) is 6.29. The highest BCUT2D eigenvalue weighted by Gasteiger charge is 2.34. The SMILES string of the molecule is O=C(NCCc1ccco1)C(=O)NC[C@H]1OCCCN1S(=O)(=O)c1ccccc1. The summed E-state index contributed by atoms with van der Waals surface area (Å²) in [5.41, 5.74) is 0. The number of amides is 2. The van der Waals surface area contributed by atoms with Crippen LogP contribution in [0.1, 0.15) is 12.2 Å². The predicted molar refractivity (Wildman–Crippen MR) is 103 cm³/mol. The summed E-state index contributed by atoms with van der Waals surface area (Å²) >= 11 is 0. The van der Waals surface area contributed by atoms with E-state index in [1.807, 2.05) is 0 Å². The quantitative estimate of drug-likeness (QED) is 0.629. The lowest BCUT2D eigenvalue weighted by Gasteiger charge is -2.34. The molecule has 0 aliphatic carbocycles. The van der Waals surface area contributed by atoms with Crippen LogP contribution in [-0.2, 0) is 30.8 Å². The van der Waals surface area contributed by atoms with Crippen LogP contribution < -0.4 is 10.6 Å². The van der Waals surface area contributed by atoms with E-state index in [4.69, 9.17) is 9.15 Å². The summed E-state index contributed by atoms with van der Waals surface area (Å²) < 4.78 is 37.7. The van der Waals surface area contributed by atoms with E-state index in [2.05, 4.69) is 10.6 Å². The Hall–Kier alpha value is -2.69. The van der Waals surface area contributed by atoms with Gasteiger partial charge in [-0.1, -0.05) is 18.2 Å². The van der Waals surface area contributed by atoms with Crippen LogP contribution in [0.5, 0.6) is 0 Å². The second-order valence-corrected chi connectivity index (χ2v) is 8.29. The van der Waals surface area contributed by atoms with Crippen molar-refractivity contribution in [3.8, 4) is 0 Å². The Kier molecular flexibility index (Phi) is 7.02. The molecule has 1 aromatic carbocycles. The lowest BCUT2D eigenvalue weighted by atomic mass is 10.3. The molecule has 0 radical (unpaired) electrons. The lowest BCUT2D eigenvalue weighted by molar-refractivity contribution is -0.140. The molecule has 2 heterocycles. The first-order valence-electron chi connectivity index (χ1n) is 9.25. The van der Waals surface area contributed by atoms with Gasteiger partial charge in [-0.25, -0.2) is 8.42 Å². The number of hydrogen-bond acceptors (Lipinski definition) is 6. The van der Waals surface area contributed by atoms with Crippen LogP contribution in [0.25, 0.3) is 0 Å². The van der Waals surface area contributed by atoms with Crippen LogP contribution >= 0.6 is 0 Å². The molecule has 0 saturated carbocycles. The van der Waals surface area contributed by atoms with Crippen molar-refractivity contribution in [1.82, 2.24) is 14.9 Å². The zero-order valence-corrected chi connectivity index (χ0v) is 16.6. The van der Waals surface area contributed by atoms with Crippen LogP contribution in [0.2, 0.25) is 0 Å². The van der Waals surface area contributed by atoms with Crippen LogP contribution in [0.15, 0.2) is 58.0 Å². The van der Waals surface area contributed by atoms with Gasteiger partial charge in [0.05, 0.1) is 24.3 Å². The summed E-state index contributed by atoms with van der Waals surface area (Å²) in [5, 5.41) is 4.94.